The van der Waals surface area contributed by atoms with Crippen LogP contribution in [0.5, 0.6) is 0 Å². The Kier molecular flexibility index (Phi) is 5.73. The fraction of sp³-hybridized carbons (Fsp3) is 0.429. The average Bonchev–Trinajstić information content (AvgIpc) is 2.38. The fourth-order valence-corrected chi connectivity index (χ4v) is 1.60. The molecule has 3 nitrogen and oxygen atoms in total. The van der Waals surface area contributed by atoms with Crippen molar-refractivity contribution in [3.63, 3.8) is 0 Å². The molecule has 0 N–H and O–H groups in total. The van der Waals surface area contributed by atoms with E-state index in [-0.39, 0.29) is 12.3 Å². The first-order valence-electron chi connectivity index (χ1n) is 6.16. The number of alkyl halides is 3. The van der Waals surface area contributed by atoms with Crippen molar-refractivity contribution in [1.82, 2.24) is 0 Å². The number of rotatable bonds is 5. The number of ether oxygens (including phenoxy) is 1. The maximum atomic E-state index is 12.9. The molecule has 0 fully saturated rings. The summed E-state index contributed by atoms with van der Waals surface area (Å²) >= 11 is 0. The molecule has 0 aromatic heterocycles. The number of hydrogen-bond donors (Lipinski definition) is 0. The zero-order valence-electron chi connectivity index (χ0n) is 11.3. The highest BCUT2D eigenvalue weighted by molar-refractivity contribution is 5.98. The van der Waals surface area contributed by atoms with Gasteiger partial charge in [-0.1, -0.05) is 30.3 Å². The second-order valence-corrected chi connectivity index (χ2v) is 4.15. The zero-order chi connectivity index (χ0) is 15.2. The Morgan fingerprint density at radius 1 is 1.30 bits per heavy atom. The summed E-state index contributed by atoms with van der Waals surface area (Å²) in [6.07, 6.45) is -5.38. The van der Waals surface area contributed by atoms with Gasteiger partial charge < -0.3 is 4.74 Å². The van der Waals surface area contributed by atoms with E-state index in [9.17, 15) is 18.0 Å². The van der Waals surface area contributed by atoms with Gasteiger partial charge in [-0.2, -0.15) is 13.2 Å². The third-order valence-corrected chi connectivity index (χ3v) is 2.58. The van der Waals surface area contributed by atoms with Crippen LogP contribution in [-0.2, 0) is 9.53 Å². The van der Waals surface area contributed by atoms with E-state index in [1.54, 1.807) is 37.3 Å². The minimum atomic E-state index is -4.58. The summed E-state index contributed by atoms with van der Waals surface area (Å²) < 4.78 is 43.2. The number of halogens is 3. The number of hydrogen-bond acceptors (Lipinski definition) is 3. The van der Waals surface area contributed by atoms with Crippen LogP contribution in [0, 0.1) is 0 Å². The van der Waals surface area contributed by atoms with E-state index in [1.807, 2.05) is 0 Å². The molecule has 0 saturated carbocycles. The van der Waals surface area contributed by atoms with Gasteiger partial charge in [0.15, 0.2) is 6.04 Å². The maximum absolute atomic E-state index is 12.9. The smallest absolute Gasteiger partial charge is 0.411 e. The molecular formula is C14H16F3NO2. The predicted octanol–water partition coefficient (Wildman–Crippen LogP) is 3.38. The molecule has 1 rings (SSSR count). The third-order valence-electron chi connectivity index (χ3n) is 2.58. The van der Waals surface area contributed by atoms with Gasteiger partial charge in [0, 0.05) is 5.71 Å². The first kappa shape index (κ1) is 16.2. The van der Waals surface area contributed by atoms with Crippen LogP contribution in [0.15, 0.2) is 35.3 Å². The van der Waals surface area contributed by atoms with E-state index in [0.717, 1.165) is 0 Å². The van der Waals surface area contributed by atoms with Crippen molar-refractivity contribution >= 4 is 11.7 Å². The molecule has 0 spiro atoms. The van der Waals surface area contributed by atoms with Gasteiger partial charge in [-0.3, -0.25) is 9.79 Å². The minimum absolute atomic E-state index is 0.0464. The van der Waals surface area contributed by atoms with Crippen LogP contribution in [0.4, 0.5) is 13.2 Å². The van der Waals surface area contributed by atoms with Gasteiger partial charge in [0.25, 0.3) is 0 Å². The summed E-state index contributed by atoms with van der Waals surface area (Å²) in [7, 11) is 0. The fourth-order valence-electron chi connectivity index (χ4n) is 1.60. The van der Waals surface area contributed by atoms with E-state index in [0.29, 0.717) is 5.56 Å². The molecule has 0 aliphatic rings. The van der Waals surface area contributed by atoms with E-state index in [2.05, 4.69) is 9.73 Å². The van der Waals surface area contributed by atoms with Crippen molar-refractivity contribution in [2.45, 2.75) is 32.5 Å². The Morgan fingerprint density at radius 3 is 2.40 bits per heavy atom. The first-order valence-corrected chi connectivity index (χ1v) is 6.16. The summed E-state index contributed by atoms with van der Waals surface area (Å²) in [4.78, 5) is 14.9. The molecule has 0 radical (unpaired) electrons. The maximum Gasteiger partial charge on any atom is 0.411 e. The minimum Gasteiger partial charge on any atom is -0.466 e. The topological polar surface area (TPSA) is 38.7 Å². The summed E-state index contributed by atoms with van der Waals surface area (Å²) in [6.45, 7) is 3.07. The van der Waals surface area contributed by atoms with Gasteiger partial charge >= 0.3 is 12.1 Å². The number of benzene rings is 1. The molecule has 110 valence electrons. The molecule has 6 heteroatoms. The van der Waals surface area contributed by atoms with Gasteiger partial charge in [-0.05, 0) is 19.4 Å². The number of esters is 1. The molecular weight excluding hydrogens is 271 g/mol. The van der Waals surface area contributed by atoms with E-state index in [1.165, 1.54) is 6.92 Å². The van der Waals surface area contributed by atoms with Crippen LogP contribution in [0.3, 0.4) is 0 Å². The monoisotopic (exact) mass is 287 g/mol. The van der Waals surface area contributed by atoms with E-state index >= 15 is 0 Å². The Balaban J connectivity index is 2.92. The van der Waals surface area contributed by atoms with Crippen molar-refractivity contribution in [3.8, 4) is 0 Å². The third kappa shape index (κ3) is 5.03. The van der Waals surface area contributed by atoms with Crippen molar-refractivity contribution < 1.29 is 22.7 Å². The molecule has 20 heavy (non-hydrogen) atoms. The predicted molar refractivity (Wildman–Crippen MR) is 69.7 cm³/mol. The molecule has 0 heterocycles. The van der Waals surface area contributed by atoms with Gasteiger partial charge in [0.05, 0.1) is 13.0 Å². The number of carbonyl (C=O) groups is 1. The summed E-state index contributed by atoms with van der Waals surface area (Å²) in [5, 5.41) is 0. The van der Waals surface area contributed by atoms with Crippen LogP contribution in [0.25, 0.3) is 0 Å². The van der Waals surface area contributed by atoms with Gasteiger partial charge in [-0.25, -0.2) is 0 Å². The molecule has 1 atom stereocenters. The molecule has 1 aromatic carbocycles. The van der Waals surface area contributed by atoms with Crippen LogP contribution in [-0.4, -0.2) is 30.5 Å². The highest BCUT2D eigenvalue weighted by atomic mass is 19.4. The Labute approximate surface area is 115 Å². The number of carbonyl (C=O) groups excluding carboxylic acids is 1. The highest BCUT2D eigenvalue weighted by Crippen LogP contribution is 2.26. The van der Waals surface area contributed by atoms with E-state index < -0.39 is 24.6 Å². The van der Waals surface area contributed by atoms with Crippen molar-refractivity contribution in [2.24, 2.45) is 4.99 Å². The SMILES string of the molecule is CCOC(=O)C[C@@H](N=C(C)c1ccccc1)C(F)(F)F. The van der Waals surface area contributed by atoms with Crippen molar-refractivity contribution in [2.75, 3.05) is 6.61 Å². The second-order valence-electron chi connectivity index (χ2n) is 4.15. The standard InChI is InChI=1S/C14H16F3NO2/c1-3-20-13(19)9-12(14(15,16)17)18-10(2)11-7-5-4-6-8-11/h4-8,12H,3,9H2,1-2H3/t12-/m1/s1. The van der Waals surface area contributed by atoms with Crippen LogP contribution in [0.1, 0.15) is 25.8 Å². The molecule has 0 unspecified atom stereocenters. The molecule has 0 saturated heterocycles. The van der Waals surface area contributed by atoms with Gasteiger partial charge in [0.1, 0.15) is 0 Å². The van der Waals surface area contributed by atoms with Crippen molar-refractivity contribution in [3.05, 3.63) is 35.9 Å². The lowest BCUT2D eigenvalue weighted by Gasteiger charge is -2.16. The lowest BCUT2D eigenvalue weighted by atomic mass is 10.1. The van der Waals surface area contributed by atoms with Crippen LogP contribution in [0.2, 0.25) is 0 Å². The highest BCUT2D eigenvalue weighted by Gasteiger charge is 2.41. The van der Waals surface area contributed by atoms with Crippen molar-refractivity contribution in [1.29, 1.82) is 0 Å². The van der Waals surface area contributed by atoms with E-state index in [4.69, 9.17) is 0 Å². The largest absolute Gasteiger partial charge is 0.466 e. The second kappa shape index (κ2) is 7.07. The summed E-state index contributed by atoms with van der Waals surface area (Å²) in [5.41, 5.74) is 0.822. The van der Waals surface area contributed by atoms with Crippen LogP contribution >= 0.6 is 0 Å². The Bertz CT molecular complexity index is 469. The lowest BCUT2D eigenvalue weighted by Crippen LogP contribution is -2.31. The Hall–Kier alpha value is -1.85. The molecule has 0 aliphatic carbocycles. The molecule has 1 aromatic rings. The Morgan fingerprint density at radius 2 is 1.90 bits per heavy atom. The summed E-state index contributed by atoms with van der Waals surface area (Å²) in [5.74, 6) is -0.903. The normalized spacial score (nSPS) is 13.9. The first-order chi connectivity index (χ1) is 9.34. The lowest BCUT2D eigenvalue weighted by molar-refractivity contribution is -0.163. The molecule has 0 aliphatic heterocycles. The summed E-state index contributed by atoms with van der Waals surface area (Å²) in [6, 6.07) is 6.43. The molecule has 0 amide bonds. The number of aliphatic imine (C=N–C) groups is 1. The average molecular weight is 287 g/mol. The number of nitrogens with zero attached hydrogens (tertiary/aromatic N) is 1. The van der Waals surface area contributed by atoms with Crippen LogP contribution < -0.4 is 0 Å². The molecule has 0 bridgehead atoms. The quantitative estimate of drug-likeness (QED) is 0.615. The zero-order valence-corrected chi connectivity index (χ0v) is 11.3. The van der Waals surface area contributed by atoms with Gasteiger partial charge in [-0.15, -0.1) is 0 Å². The van der Waals surface area contributed by atoms with Gasteiger partial charge in [0.2, 0.25) is 0 Å².